The third-order valence-electron chi connectivity index (χ3n) is 3.29. The first-order valence-electron chi connectivity index (χ1n) is 7.31. The van der Waals surface area contributed by atoms with Gasteiger partial charge in [-0.05, 0) is 36.4 Å². The Morgan fingerprint density at radius 1 is 1.00 bits per heavy atom. The molecule has 2 rings (SSSR count). The smallest absolute Gasteiger partial charge is 0.265 e. The first kappa shape index (κ1) is 19.7. The van der Waals surface area contributed by atoms with Gasteiger partial charge in [0.15, 0.2) is 9.84 Å². The Hall–Kier alpha value is -2.59. The number of carbonyl (C=O) groups is 1. The average molecular weight is 398 g/mol. The van der Waals surface area contributed by atoms with Crippen LogP contribution in [-0.4, -0.2) is 36.1 Å². The summed E-state index contributed by atoms with van der Waals surface area (Å²) in [7, 11) is -6.45. The Balaban J connectivity index is 2.46. The van der Waals surface area contributed by atoms with Crippen molar-refractivity contribution in [2.45, 2.75) is 16.7 Å². The molecule has 8 nitrogen and oxygen atoms in total. The monoisotopic (exact) mass is 398 g/mol. The van der Waals surface area contributed by atoms with Gasteiger partial charge in [-0.25, -0.2) is 16.8 Å². The first-order valence-corrected chi connectivity index (χ1v) is 10.7. The number of benzene rings is 2. The van der Waals surface area contributed by atoms with E-state index < -0.39 is 19.9 Å². The molecule has 2 aromatic rings. The normalized spacial score (nSPS) is 11.7. The Morgan fingerprint density at radius 2 is 1.65 bits per heavy atom. The van der Waals surface area contributed by atoms with Gasteiger partial charge in [0.25, 0.3) is 10.0 Å². The van der Waals surface area contributed by atoms with Gasteiger partial charge in [-0.1, -0.05) is 6.07 Å². The van der Waals surface area contributed by atoms with Crippen molar-refractivity contribution in [1.29, 1.82) is 0 Å². The van der Waals surface area contributed by atoms with Crippen molar-refractivity contribution in [3.05, 3.63) is 42.5 Å². The van der Waals surface area contributed by atoms with Crippen molar-refractivity contribution >= 4 is 37.1 Å². The zero-order chi connectivity index (χ0) is 19.5. The molecule has 0 saturated carbocycles. The predicted molar refractivity (Wildman–Crippen MR) is 97.7 cm³/mol. The molecule has 0 unspecified atom stereocenters. The summed E-state index contributed by atoms with van der Waals surface area (Å²) in [4.78, 5) is 10.7. The molecule has 0 saturated heterocycles. The summed E-state index contributed by atoms with van der Waals surface area (Å²) in [6.07, 6.45) is 0.982. The lowest BCUT2D eigenvalue weighted by Gasteiger charge is -2.13. The summed E-state index contributed by atoms with van der Waals surface area (Å²) in [5.41, 5.74) is 0.609. The summed E-state index contributed by atoms with van der Waals surface area (Å²) < 4.78 is 56.3. The SMILES string of the molecule is COc1ccc(S(C)(=O)=O)cc1S(=O)(=O)Nc1cccc(NC(C)=O)c1. The zero-order valence-electron chi connectivity index (χ0n) is 14.3. The van der Waals surface area contributed by atoms with Gasteiger partial charge in [0.2, 0.25) is 5.91 Å². The third-order valence-corrected chi connectivity index (χ3v) is 5.80. The summed E-state index contributed by atoms with van der Waals surface area (Å²) in [6, 6.07) is 9.68. The molecule has 0 radical (unpaired) electrons. The maximum absolute atomic E-state index is 12.7. The van der Waals surface area contributed by atoms with E-state index in [4.69, 9.17) is 4.74 Å². The topological polar surface area (TPSA) is 119 Å². The van der Waals surface area contributed by atoms with Crippen LogP contribution < -0.4 is 14.8 Å². The predicted octanol–water partition coefficient (Wildman–Crippen LogP) is 1.86. The van der Waals surface area contributed by atoms with E-state index in [0.29, 0.717) is 5.69 Å². The highest BCUT2D eigenvalue weighted by Crippen LogP contribution is 2.29. The summed E-state index contributed by atoms with van der Waals surface area (Å²) in [5.74, 6) is -0.296. The second-order valence-corrected chi connectivity index (χ2v) is 9.12. The molecule has 0 heterocycles. The fraction of sp³-hybridized carbons (Fsp3) is 0.188. The van der Waals surface area contributed by atoms with Crippen molar-refractivity contribution in [2.75, 3.05) is 23.4 Å². The summed E-state index contributed by atoms with van der Waals surface area (Å²) in [6.45, 7) is 1.33. The largest absolute Gasteiger partial charge is 0.495 e. The van der Waals surface area contributed by atoms with Gasteiger partial charge in [0.1, 0.15) is 10.6 Å². The lowest BCUT2D eigenvalue weighted by molar-refractivity contribution is -0.114. The average Bonchev–Trinajstić information content (AvgIpc) is 2.52. The van der Waals surface area contributed by atoms with E-state index in [1.807, 2.05) is 0 Å². The fourth-order valence-corrected chi connectivity index (χ4v) is 4.14. The summed E-state index contributed by atoms with van der Waals surface area (Å²) in [5, 5.41) is 2.54. The maximum Gasteiger partial charge on any atom is 0.265 e. The number of ether oxygens (including phenoxy) is 1. The minimum Gasteiger partial charge on any atom is -0.495 e. The van der Waals surface area contributed by atoms with Gasteiger partial charge < -0.3 is 10.1 Å². The minimum atomic E-state index is -4.14. The van der Waals surface area contributed by atoms with Gasteiger partial charge in [-0.2, -0.15) is 0 Å². The highest BCUT2D eigenvalue weighted by Gasteiger charge is 2.22. The number of sulfone groups is 1. The van der Waals surface area contributed by atoms with Crippen molar-refractivity contribution in [1.82, 2.24) is 0 Å². The van der Waals surface area contributed by atoms with Crippen LogP contribution in [0.1, 0.15) is 6.92 Å². The Kier molecular flexibility index (Phi) is 5.57. The van der Waals surface area contributed by atoms with E-state index in [9.17, 15) is 21.6 Å². The van der Waals surface area contributed by atoms with Gasteiger partial charge in [0, 0.05) is 18.9 Å². The lowest BCUT2D eigenvalue weighted by atomic mass is 10.3. The molecule has 0 spiro atoms. The van der Waals surface area contributed by atoms with Crippen LogP contribution in [0.4, 0.5) is 11.4 Å². The third kappa shape index (κ3) is 4.73. The van der Waals surface area contributed by atoms with Crippen molar-refractivity contribution < 1.29 is 26.4 Å². The first-order chi connectivity index (χ1) is 12.0. The Labute approximate surface area is 152 Å². The van der Waals surface area contributed by atoms with Crippen LogP contribution in [0.5, 0.6) is 5.75 Å². The molecular formula is C16H18N2O6S2. The number of hydrogen-bond acceptors (Lipinski definition) is 6. The van der Waals surface area contributed by atoms with Crippen LogP contribution in [-0.2, 0) is 24.7 Å². The van der Waals surface area contributed by atoms with Crippen LogP contribution in [0.2, 0.25) is 0 Å². The van der Waals surface area contributed by atoms with E-state index in [2.05, 4.69) is 10.0 Å². The van der Waals surface area contributed by atoms with Crippen molar-refractivity contribution in [3.8, 4) is 5.75 Å². The molecule has 0 fully saturated rings. The quantitative estimate of drug-likeness (QED) is 0.767. The van der Waals surface area contributed by atoms with Gasteiger partial charge in [-0.3, -0.25) is 9.52 Å². The number of amides is 1. The number of rotatable bonds is 6. The number of carbonyl (C=O) groups excluding carboxylic acids is 1. The molecule has 10 heteroatoms. The zero-order valence-corrected chi connectivity index (χ0v) is 15.9. The van der Waals surface area contributed by atoms with Crippen molar-refractivity contribution in [3.63, 3.8) is 0 Å². The van der Waals surface area contributed by atoms with Crippen molar-refractivity contribution in [2.24, 2.45) is 0 Å². The molecule has 0 aliphatic heterocycles. The van der Waals surface area contributed by atoms with E-state index >= 15 is 0 Å². The van der Waals surface area contributed by atoms with E-state index in [-0.39, 0.29) is 27.1 Å². The number of methoxy groups -OCH3 is 1. The highest BCUT2D eigenvalue weighted by molar-refractivity contribution is 7.93. The Morgan fingerprint density at radius 3 is 2.23 bits per heavy atom. The van der Waals surface area contributed by atoms with Crippen LogP contribution in [0.25, 0.3) is 0 Å². The van der Waals surface area contributed by atoms with E-state index in [1.165, 1.54) is 38.3 Å². The van der Waals surface area contributed by atoms with Crippen LogP contribution in [0, 0.1) is 0 Å². The maximum atomic E-state index is 12.7. The Bertz CT molecular complexity index is 1050. The van der Waals surface area contributed by atoms with Crippen LogP contribution in [0.15, 0.2) is 52.3 Å². The lowest BCUT2D eigenvalue weighted by Crippen LogP contribution is -2.15. The molecule has 1 amide bonds. The van der Waals surface area contributed by atoms with Gasteiger partial charge in [-0.15, -0.1) is 0 Å². The van der Waals surface area contributed by atoms with E-state index in [0.717, 1.165) is 12.3 Å². The molecular weight excluding hydrogens is 380 g/mol. The number of sulfonamides is 1. The number of anilines is 2. The molecule has 0 atom stereocenters. The summed E-state index contributed by atoms with van der Waals surface area (Å²) >= 11 is 0. The fourth-order valence-electron chi connectivity index (χ4n) is 2.17. The molecule has 26 heavy (non-hydrogen) atoms. The molecule has 0 aliphatic carbocycles. The molecule has 140 valence electrons. The highest BCUT2D eigenvalue weighted by atomic mass is 32.2. The van der Waals surface area contributed by atoms with Crippen LogP contribution in [0.3, 0.4) is 0 Å². The van der Waals surface area contributed by atoms with Crippen LogP contribution >= 0.6 is 0 Å². The molecule has 2 N–H and O–H groups in total. The molecule has 0 aromatic heterocycles. The van der Waals surface area contributed by atoms with Gasteiger partial charge in [0.05, 0.1) is 17.7 Å². The minimum absolute atomic E-state index is 0.00270. The molecule has 0 aliphatic rings. The number of hydrogen-bond donors (Lipinski definition) is 2. The second kappa shape index (κ2) is 7.34. The molecule has 2 aromatic carbocycles. The van der Waals surface area contributed by atoms with Gasteiger partial charge >= 0.3 is 0 Å². The second-order valence-electron chi connectivity index (χ2n) is 5.45. The standard InChI is InChI=1S/C16H18N2O6S2/c1-11(19)17-12-5-4-6-13(9-12)18-26(22,23)16-10-14(25(3,20)21)7-8-15(16)24-2/h4-10,18H,1-3H3,(H,17,19). The number of nitrogens with one attached hydrogen (secondary N) is 2. The molecule has 0 bridgehead atoms. The van der Waals surface area contributed by atoms with E-state index in [1.54, 1.807) is 12.1 Å².